The second kappa shape index (κ2) is 7.73. The van der Waals surface area contributed by atoms with Crippen LogP contribution in [-0.2, 0) is 5.41 Å². The molecular formula is C17H27N3. The molecule has 0 bridgehead atoms. The molecule has 0 saturated heterocycles. The molecule has 0 aromatic heterocycles. The van der Waals surface area contributed by atoms with Crippen molar-refractivity contribution in [3.63, 3.8) is 0 Å². The largest absolute Gasteiger partial charge is 0.357 e. The molecule has 0 aliphatic heterocycles. The lowest BCUT2D eigenvalue weighted by Gasteiger charge is -2.25. The van der Waals surface area contributed by atoms with Gasteiger partial charge in [0.15, 0.2) is 5.96 Å². The maximum absolute atomic E-state index is 4.69. The predicted molar refractivity (Wildman–Crippen MR) is 88.4 cm³/mol. The van der Waals surface area contributed by atoms with Crippen LogP contribution in [0.4, 0.5) is 0 Å². The van der Waals surface area contributed by atoms with E-state index in [1.807, 2.05) is 6.08 Å². The first-order valence-electron chi connectivity index (χ1n) is 7.20. The summed E-state index contributed by atoms with van der Waals surface area (Å²) in [5, 5.41) is 6.48. The highest BCUT2D eigenvalue weighted by Gasteiger charge is 2.21. The summed E-state index contributed by atoms with van der Waals surface area (Å²) in [7, 11) is 0. The lowest BCUT2D eigenvalue weighted by molar-refractivity contribution is 0.534. The first-order chi connectivity index (χ1) is 9.51. The van der Waals surface area contributed by atoms with Crippen molar-refractivity contribution in [3.8, 4) is 0 Å². The van der Waals surface area contributed by atoms with E-state index in [4.69, 9.17) is 0 Å². The van der Waals surface area contributed by atoms with Gasteiger partial charge in [-0.2, -0.15) is 0 Å². The van der Waals surface area contributed by atoms with Crippen molar-refractivity contribution < 1.29 is 0 Å². The molecule has 0 aliphatic carbocycles. The second-order valence-electron chi connectivity index (χ2n) is 5.56. The molecule has 1 aromatic carbocycles. The molecule has 0 saturated carbocycles. The number of guanidine groups is 1. The molecule has 0 fully saturated rings. The summed E-state index contributed by atoms with van der Waals surface area (Å²) < 4.78 is 0. The van der Waals surface area contributed by atoms with Gasteiger partial charge >= 0.3 is 0 Å². The molecule has 3 heteroatoms. The van der Waals surface area contributed by atoms with Gasteiger partial charge in [-0.3, -0.25) is 4.99 Å². The third-order valence-electron chi connectivity index (χ3n) is 3.26. The Labute approximate surface area is 123 Å². The fourth-order valence-electron chi connectivity index (χ4n) is 2.20. The van der Waals surface area contributed by atoms with Gasteiger partial charge in [0.1, 0.15) is 0 Å². The molecule has 20 heavy (non-hydrogen) atoms. The van der Waals surface area contributed by atoms with Crippen LogP contribution in [-0.4, -0.2) is 25.6 Å². The number of hydrogen-bond donors (Lipinski definition) is 2. The number of nitrogens with zero attached hydrogens (tertiary/aromatic N) is 1. The van der Waals surface area contributed by atoms with Crippen LogP contribution in [0.25, 0.3) is 0 Å². The summed E-state index contributed by atoms with van der Waals surface area (Å²) in [6, 6.07) is 8.51. The van der Waals surface area contributed by atoms with Crippen LogP contribution < -0.4 is 10.6 Å². The van der Waals surface area contributed by atoms with Gasteiger partial charge in [-0.05, 0) is 25.0 Å². The Bertz CT molecular complexity index is 461. The minimum Gasteiger partial charge on any atom is -0.357 e. The number of nitrogens with one attached hydrogen (secondary N) is 2. The van der Waals surface area contributed by atoms with Crippen LogP contribution in [0, 0.1) is 6.92 Å². The Hall–Kier alpha value is -1.77. The van der Waals surface area contributed by atoms with Gasteiger partial charge in [-0.1, -0.05) is 44.2 Å². The summed E-state index contributed by atoms with van der Waals surface area (Å²) in [5.41, 5.74) is 2.68. The van der Waals surface area contributed by atoms with E-state index in [2.05, 4.69) is 74.2 Å². The van der Waals surface area contributed by atoms with Gasteiger partial charge in [-0.15, -0.1) is 6.58 Å². The van der Waals surface area contributed by atoms with E-state index < -0.39 is 0 Å². The summed E-state index contributed by atoms with van der Waals surface area (Å²) in [4.78, 5) is 4.69. The van der Waals surface area contributed by atoms with Crippen LogP contribution in [0.1, 0.15) is 31.9 Å². The molecule has 3 nitrogen and oxygen atoms in total. The Morgan fingerprint density at radius 2 is 2.00 bits per heavy atom. The Morgan fingerprint density at radius 1 is 1.30 bits per heavy atom. The van der Waals surface area contributed by atoms with Gasteiger partial charge < -0.3 is 10.6 Å². The normalized spacial score (nSPS) is 12.1. The van der Waals surface area contributed by atoms with E-state index in [1.165, 1.54) is 11.1 Å². The molecule has 1 rings (SSSR count). The number of benzene rings is 1. The molecule has 0 atom stereocenters. The van der Waals surface area contributed by atoms with Gasteiger partial charge in [-0.25, -0.2) is 0 Å². The summed E-state index contributed by atoms with van der Waals surface area (Å²) >= 11 is 0. The minimum atomic E-state index is 0.0157. The monoisotopic (exact) mass is 273 g/mol. The molecule has 110 valence electrons. The maximum atomic E-state index is 4.69. The van der Waals surface area contributed by atoms with E-state index in [0.29, 0.717) is 0 Å². The summed E-state index contributed by atoms with van der Waals surface area (Å²) in [6.45, 7) is 14.7. The fourth-order valence-corrected chi connectivity index (χ4v) is 2.20. The number of aliphatic imine (C=N–C) groups is 1. The molecule has 0 spiro atoms. The molecule has 2 N–H and O–H groups in total. The highest BCUT2D eigenvalue weighted by atomic mass is 15.2. The molecular weight excluding hydrogens is 246 g/mol. The molecule has 0 heterocycles. The second-order valence-corrected chi connectivity index (χ2v) is 5.56. The van der Waals surface area contributed by atoms with E-state index in [9.17, 15) is 0 Å². The van der Waals surface area contributed by atoms with E-state index in [0.717, 1.165) is 25.6 Å². The Balaban J connectivity index is 2.83. The zero-order valence-corrected chi connectivity index (χ0v) is 13.2. The highest BCUT2D eigenvalue weighted by Crippen LogP contribution is 2.26. The van der Waals surface area contributed by atoms with Gasteiger partial charge in [0.25, 0.3) is 0 Å². The van der Waals surface area contributed by atoms with Crippen LogP contribution in [0.15, 0.2) is 41.9 Å². The molecule has 0 aliphatic rings. The zero-order chi connectivity index (χ0) is 15.0. The number of aryl methyl sites for hydroxylation is 1. The van der Waals surface area contributed by atoms with Crippen molar-refractivity contribution >= 4 is 5.96 Å². The van der Waals surface area contributed by atoms with E-state index in [1.54, 1.807) is 0 Å². The lowest BCUT2D eigenvalue weighted by atomic mass is 9.82. The quantitative estimate of drug-likeness (QED) is 0.475. The van der Waals surface area contributed by atoms with Crippen molar-refractivity contribution in [3.05, 3.63) is 48.0 Å². The van der Waals surface area contributed by atoms with Crippen molar-refractivity contribution in [1.82, 2.24) is 10.6 Å². The first kappa shape index (κ1) is 16.3. The third-order valence-corrected chi connectivity index (χ3v) is 3.26. The molecule has 1 aromatic rings. The highest BCUT2D eigenvalue weighted by molar-refractivity contribution is 5.79. The predicted octanol–water partition coefficient (Wildman–Crippen LogP) is 3.01. The third kappa shape index (κ3) is 4.72. The van der Waals surface area contributed by atoms with Gasteiger partial charge in [0, 0.05) is 18.5 Å². The maximum Gasteiger partial charge on any atom is 0.191 e. The minimum absolute atomic E-state index is 0.0157. The van der Waals surface area contributed by atoms with Crippen molar-refractivity contribution in [2.24, 2.45) is 4.99 Å². The Kier molecular flexibility index (Phi) is 6.29. The van der Waals surface area contributed by atoms with Crippen molar-refractivity contribution in [2.75, 3.05) is 19.6 Å². The zero-order valence-electron chi connectivity index (χ0n) is 13.2. The SMILES string of the molecule is C=CCNC(=NCC(C)(C)c1ccccc1C)NCC. The first-order valence-corrected chi connectivity index (χ1v) is 7.20. The standard InChI is InChI=1S/C17H27N3/c1-6-12-19-16(18-7-2)20-13-17(4,5)15-11-9-8-10-14(15)3/h6,8-11H,1,7,12-13H2,2-5H3,(H2,18,19,20). The molecule has 0 amide bonds. The van der Waals surface area contributed by atoms with Crippen LogP contribution in [0.2, 0.25) is 0 Å². The van der Waals surface area contributed by atoms with Gasteiger partial charge in [0.05, 0.1) is 6.54 Å². The van der Waals surface area contributed by atoms with E-state index >= 15 is 0 Å². The lowest BCUT2D eigenvalue weighted by Crippen LogP contribution is -2.38. The molecule has 0 unspecified atom stereocenters. The number of rotatable bonds is 6. The van der Waals surface area contributed by atoms with Crippen LogP contribution >= 0.6 is 0 Å². The fraction of sp³-hybridized carbons (Fsp3) is 0.471. The summed E-state index contributed by atoms with van der Waals surface area (Å²) in [5.74, 6) is 0.842. The van der Waals surface area contributed by atoms with Crippen molar-refractivity contribution in [2.45, 2.75) is 33.1 Å². The molecule has 0 radical (unpaired) electrons. The van der Waals surface area contributed by atoms with Crippen LogP contribution in [0.5, 0.6) is 0 Å². The smallest absolute Gasteiger partial charge is 0.191 e. The number of hydrogen-bond acceptors (Lipinski definition) is 1. The topological polar surface area (TPSA) is 36.4 Å². The van der Waals surface area contributed by atoms with Gasteiger partial charge in [0.2, 0.25) is 0 Å². The Morgan fingerprint density at radius 3 is 2.60 bits per heavy atom. The average molecular weight is 273 g/mol. The van der Waals surface area contributed by atoms with Crippen LogP contribution in [0.3, 0.4) is 0 Å². The summed E-state index contributed by atoms with van der Waals surface area (Å²) in [6.07, 6.45) is 1.83. The average Bonchev–Trinajstić information content (AvgIpc) is 2.42. The van der Waals surface area contributed by atoms with Crippen molar-refractivity contribution in [1.29, 1.82) is 0 Å². The van der Waals surface area contributed by atoms with E-state index in [-0.39, 0.29) is 5.41 Å².